The van der Waals surface area contributed by atoms with Crippen molar-refractivity contribution >= 4 is 5.97 Å². The molecule has 0 aliphatic carbocycles. The van der Waals surface area contributed by atoms with E-state index in [2.05, 4.69) is 0 Å². The van der Waals surface area contributed by atoms with Gasteiger partial charge in [-0.1, -0.05) is 36.4 Å². The van der Waals surface area contributed by atoms with Crippen molar-refractivity contribution in [3.8, 4) is 5.75 Å². The minimum atomic E-state index is -1.12. The Balaban J connectivity index is 1.62. The quantitative estimate of drug-likeness (QED) is 0.646. The van der Waals surface area contributed by atoms with Crippen LogP contribution < -0.4 is 4.74 Å². The summed E-state index contributed by atoms with van der Waals surface area (Å²) in [4.78, 5) is 12.3. The molecule has 2 heterocycles. The molecule has 0 radical (unpaired) electrons. The smallest absolute Gasteiger partial charge is 0.343 e. The van der Waals surface area contributed by atoms with Gasteiger partial charge in [0, 0.05) is 5.56 Å². The van der Waals surface area contributed by atoms with Crippen LogP contribution in [0.25, 0.3) is 0 Å². The number of ether oxygens (including phenoxy) is 3. The molecule has 4 atom stereocenters. The van der Waals surface area contributed by atoms with Crippen molar-refractivity contribution in [2.75, 3.05) is 13.2 Å². The monoisotopic (exact) mass is 342 g/mol. The van der Waals surface area contributed by atoms with E-state index in [1.807, 2.05) is 6.07 Å². The third-order valence-electron chi connectivity index (χ3n) is 4.74. The fourth-order valence-electron chi connectivity index (χ4n) is 3.35. The molecule has 2 saturated heterocycles. The Bertz CT molecular complexity index is 776. The molecule has 2 aromatic carbocycles. The van der Waals surface area contributed by atoms with Gasteiger partial charge in [-0.05, 0) is 18.2 Å². The topological polar surface area (TPSA) is 85.2 Å². The van der Waals surface area contributed by atoms with E-state index in [0.717, 1.165) is 0 Å². The van der Waals surface area contributed by atoms with Crippen molar-refractivity contribution in [2.24, 2.45) is 0 Å². The number of aliphatic hydroxyl groups excluding tert-OH is 2. The van der Waals surface area contributed by atoms with Gasteiger partial charge in [-0.15, -0.1) is 0 Å². The molecule has 0 amide bonds. The Morgan fingerprint density at radius 1 is 1.16 bits per heavy atom. The van der Waals surface area contributed by atoms with Gasteiger partial charge in [0.05, 0.1) is 18.8 Å². The number of benzene rings is 2. The fraction of sp³-hybridized carbons (Fsp3) is 0.316. The zero-order valence-electron chi connectivity index (χ0n) is 13.4. The standard InChI is InChI=1S/C19H18O6/c20-10-19-11-23-16(17(19)21)15(25-19)13-8-4-5-9-14(13)24-18(22)12-6-2-1-3-7-12/h1-9,15-17,20-21H,10-11H2/t15?,16-,17-,19-/m0/s1. The van der Waals surface area contributed by atoms with Gasteiger partial charge in [0.15, 0.2) is 0 Å². The average molecular weight is 342 g/mol. The Kier molecular flexibility index (Phi) is 4.05. The van der Waals surface area contributed by atoms with Crippen LogP contribution in [0.15, 0.2) is 54.6 Å². The maximum atomic E-state index is 12.3. The molecule has 130 valence electrons. The summed E-state index contributed by atoms with van der Waals surface area (Å²) in [7, 11) is 0. The highest BCUT2D eigenvalue weighted by molar-refractivity contribution is 5.91. The molecule has 2 N–H and O–H groups in total. The molecule has 0 saturated carbocycles. The van der Waals surface area contributed by atoms with E-state index in [1.54, 1.807) is 48.5 Å². The lowest BCUT2D eigenvalue weighted by Crippen LogP contribution is -2.43. The number of carbonyl (C=O) groups is 1. The van der Waals surface area contributed by atoms with Crippen molar-refractivity contribution in [3.05, 3.63) is 65.7 Å². The summed E-state index contributed by atoms with van der Waals surface area (Å²) in [6.07, 6.45) is -2.15. The number of para-hydroxylation sites is 1. The number of carbonyl (C=O) groups excluding carboxylic acids is 1. The van der Waals surface area contributed by atoms with Crippen LogP contribution in [0.4, 0.5) is 0 Å². The molecule has 25 heavy (non-hydrogen) atoms. The molecule has 2 aliphatic heterocycles. The van der Waals surface area contributed by atoms with Crippen LogP contribution in [-0.4, -0.2) is 47.2 Å². The van der Waals surface area contributed by atoms with Crippen molar-refractivity contribution in [3.63, 3.8) is 0 Å². The van der Waals surface area contributed by atoms with Gasteiger partial charge in [0.2, 0.25) is 0 Å². The molecule has 6 nitrogen and oxygen atoms in total. The predicted octanol–water partition coefficient (Wildman–Crippen LogP) is 1.47. The Morgan fingerprint density at radius 3 is 2.60 bits per heavy atom. The molecule has 0 spiro atoms. The third kappa shape index (κ3) is 2.63. The van der Waals surface area contributed by atoms with Gasteiger partial charge >= 0.3 is 5.97 Å². The number of esters is 1. The maximum Gasteiger partial charge on any atom is 0.343 e. The number of rotatable bonds is 4. The lowest BCUT2D eigenvalue weighted by molar-refractivity contribution is -0.163. The first kappa shape index (κ1) is 16.2. The highest BCUT2D eigenvalue weighted by atomic mass is 16.6. The summed E-state index contributed by atoms with van der Waals surface area (Å²) in [5.74, 6) is -0.132. The molecule has 2 aromatic rings. The summed E-state index contributed by atoms with van der Waals surface area (Å²) >= 11 is 0. The second kappa shape index (κ2) is 6.24. The summed E-state index contributed by atoms with van der Waals surface area (Å²) in [6, 6.07) is 15.7. The van der Waals surface area contributed by atoms with Crippen LogP contribution in [0.5, 0.6) is 5.75 Å². The van der Waals surface area contributed by atoms with Gasteiger partial charge in [-0.2, -0.15) is 0 Å². The Labute approximate surface area is 144 Å². The minimum Gasteiger partial charge on any atom is -0.423 e. The first-order chi connectivity index (χ1) is 12.1. The molecular weight excluding hydrogens is 324 g/mol. The first-order valence-electron chi connectivity index (χ1n) is 8.09. The summed E-state index contributed by atoms with van der Waals surface area (Å²) in [5, 5.41) is 19.9. The largest absolute Gasteiger partial charge is 0.423 e. The number of fused-ring (bicyclic) bond motifs is 2. The highest BCUT2D eigenvalue weighted by Crippen LogP contribution is 2.48. The summed E-state index contributed by atoms with van der Waals surface area (Å²) in [5.41, 5.74) is -0.0774. The van der Waals surface area contributed by atoms with E-state index in [1.165, 1.54) is 0 Å². The van der Waals surface area contributed by atoms with E-state index in [0.29, 0.717) is 16.9 Å². The average Bonchev–Trinajstić information content (AvgIpc) is 3.13. The van der Waals surface area contributed by atoms with Crippen LogP contribution in [0.1, 0.15) is 22.0 Å². The SMILES string of the molecule is O=C(Oc1ccccc1C1O[C@@]2(CO)CO[C@@H]1[C@@H]2O)c1ccccc1. The van der Waals surface area contributed by atoms with Crippen molar-refractivity contribution in [2.45, 2.75) is 23.9 Å². The zero-order valence-corrected chi connectivity index (χ0v) is 13.4. The maximum absolute atomic E-state index is 12.3. The summed E-state index contributed by atoms with van der Waals surface area (Å²) < 4.78 is 17.0. The van der Waals surface area contributed by atoms with E-state index in [9.17, 15) is 15.0 Å². The van der Waals surface area contributed by atoms with Crippen LogP contribution in [0.3, 0.4) is 0 Å². The Hall–Kier alpha value is -2.25. The van der Waals surface area contributed by atoms with Gasteiger partial charge in [0.25, 0.3) is 0 Å². The van der Waals surface area contributed by atoms with Crippen molar-refractivity contribution < 1.29 is 29.2 Å². The van der Waals surface area contributed by atoms with E-state index >= 15 is 0 Å². The first-order valence-corrected chi connectivity index (χ1v) is 8.09. The number of hydrogen-bond donors (Lipinski definition) is 2. The third-order valence-corrected chi connectivity index (χ3v) is 4.74. The normalized spacial score (nSPS) is 30.4. The molecule has 4 rings (SSSR count). The zero-order chi connectivity index (χ0) is 17.4. The van der Waals surface area contributed by atoms with Crippen molar-refractivity contribution in [1.29, 1.82) is 0 Å². The molecule has 2 fully saturated rings. The van der Waals surface area contributed by atoms with E-state index in [4.69, 9.17) is 14.2 Å². The van der Waals surface area contributed by atoms with Gasteiger partial charge in [-0.3, -0.25) is 0 Å². The fourth-order valence-corrected chi connectivity index (χ4v) is 3.35. The Morgan fingerprint density at radius 2 is 1.88 bits per heavy atom. The highest BCUT2D eigenvalue weighted by Gasteiger charge is 2.61. The molecule has 6 heteroatoms. The van der Waals surface area contributed by atoms with E-state index < -0.39 is 29.9 Å². The lowest BCUT2D eigenvalue weighted by atomic mass is 9.97. The van der Waals surface area contributed by atoms with Gasteiger partial charge in [0.1, 0.15) is 29.7 Å². The lowest BCUT2D eigenvalue weighted by Gasteiger charge is -2.29. The van der Waals surface area contributed by atoms with E-state index in [-0.39, 0.29) is 13.2 Å². The summed E-state index contributed by atoms with van der Waals surface area (Å²) in [6.45, 7) is -0.203. The van der Waals surface area contributed by atoms with Crippen LogP contribution in [0.2, 0.25) is 0 Å². The number of hydrogen-bond acceptors (Lipinski definition) is 6. The van der Waals surface area contributed by atoms with Gasteiger partial charge < -0.3 is 24.4 Å². The van der Waals surface area contributed by atoms with Crippen LogP contribution >= 0.6 is 0 Å². The van der Waals surface area contributed by atoms with Gasteiger partial charge in [-0.25, -0.2) is 4.79 Å². The predicted molar refractivity (Wildman–Crippen MR) is 87.2 cm³/mol. The van der Waals surface area contributed by atoms with Crippen LogP contribution in [0, 0.1) is 0 Å². The number of aliphatic hydroxyl groups is 2. The molecule has 1 unspecified atom stereocenters. The van der Waals surface area contributed by atoms with Crippen molar-refractivity contribution in [1.82, 2.24) is 0 Å². The van der Waals surface area contributed by atoms with Crippen LogP contribution in [-0.2, 0) is 9.47 Å². The second-order valence-corrected chi connectivity index (χ2v) is 6.28. The minimum absolute atomic E-state index is 0.137. The molecule has 2 aliphatic rings. The molecule has 0 aromatic heterocycles. The second-order valence-electron chi connectivity index (χ2n) is 6.28. The molecular formula is C19H18O6. The molecule has 2 bridgehead atoms.